The van der Waals surface area contributed by atoms with Crippen LogP contribution in [0.2, 0.25) is 0 Å². The molecule has 0 atom stereocenters. The zero-order chi connectivity index (χ0) is 22.3. The number of halogens is 1. The van der Waals surface area contributed by atoms with Gasteiger partial charge in [0.1, 0.15) is 6.61 Å². The van der Waals surface area contributed by atoms with E-state index in [1.165, 1.54) is 22.3 Å². The van der Waals surface area contributed by atoms with Gasteiger partial charge in [-0.25, -0.2) is 4.79 Å². The Kier molecular flexibility index (Phi) is 6.89. The first-order chi connectivity index (χ1) is 15.7. The molecule has 3 aromatic rings. The van der Waals surface area contributed by atoms with E-state index in [0.717, 1.165) is 5.56 Å². The molecule has 4 rings (SSSR count). The molecule has 1 amide bonds. The van der Waals surface area contributed by atoms with E-state index in [0.29, 0.717) is 25.1 Å². The van der Waals surface area contributed by atoms with E-state index >= 15 is 0 Å². The minimum Gasteiger partial charge on any atom is -0.449 e. The van der Waals surface area contributed by atoms with E-state index in [2.05, 4.69) is 41.4 Å². The Labute approximate surface area is 192 Å². The van der Waals surface area contributed by atoms with E-state index in [1.807, 2.05) is 24.3 Å². The van der Waals surface area contributed by atoms with Crippen LogP contribution in [0.5, 0.6) is 0 Å². The summed E-state index contributed by atoms with van der Waals surface area (Å²) in [5.41, 5.74) is 6.15. The molecule has 1 aliphatic rings. The molecule has 0 aromatic heterocycles. The summed E-state index contributed by atoms with van der Waals surface area (Å²) < 4.78 is 5.51. The average Bonchev–Trinajstić information content (AvgIpc) is 3.16. The fraction of sp³-hybridized carbons (Fsp3) is 0.185. The normalized spacial score (nSPS) is 11.7. The van der Waals surface area contributed by atoms with Gasteiger partial charge in [0.15, 0.2) is 5.78 Å². The second-order valence-corrected chi connectivity index (χ2v) is 7.71. The maximum Gasteiger partial charge on any atom is 0.407 e. The summed E-state index contributed by atoms with van der Waals surface area (Å²) in [4.78, 5) is 23.7. The van der Waals surface area contributed by atoms with Crippen LogP contribution in [0.3, 0.4) is 0 Å². The van der Waals surface area contributed by atoms with Crippen molar-refractivity contribution in [1.29, 1.82) is 0 Å². The largest absolute Gasteiger partial charge is 0.449 e. The van der Waals surface area contributed by atoms with E-state index in [1.54, 1.807) is 24.3 Å². The van der Waals surface area contributed by atoms with Crippen LogP contribution in [0.25, 0.3) is 11.1 Å². The minimum atomic E-state index is -0.447. The third-order valence-corrected chi connectivity index (χ3v) is 5.67. The van der Waals surface area contributed by atoms with Gasteiger partial charge >= 0.3 is 6.09 Å². The van der Waals surface area contributed by atoms with Gasteiger partial charge < -0.3 is 10.1 Å². The molecule has 0 aliphatic heterocycles. The standard InChI is InChI=1S/C27H22ClNO3/c28-17-26(30)20-14-12-19(13-15-20)7-5-6-16-29-27(31)32-18-25-23-10-3-1-8-21(23)22-9-2-4-11-24(22)25/h1-4,8-15,25H,6,16-18H2,(H,29,31). The highest BCUT2D eigenvalue weighted by molar-refractivity contribution is 6.30. The van der Waals surface area contributed by atoms with Crippen LogP contribution in [0.4, 0.5) is 4.79 Å². The molecular weight excluding hydrogens is 422 g/mol. The van der Waals surface area contributed by atoms with Gasteiger partial charge in [0, 0.05) is 30.0 Å². The summed E-state index contributed by atoms with van der Waals surface area (Å²) in [6.07, 6.45) is 0.0460. The summed E-state index contributed by atoms with van der Waals surface area (Å²) in [6.45, 7) is 0.686. The van der Waals surface area contributed by atoms with Crippen LogP contribution in [0.1, 0.15) is 39.4 Å². The Bertz CT molecular complexity index is 1150. The molecule has 160 valence electrons. The van der Waals surface area contributed by atoms with Gasteiger partial charge in [-0.3, -0.25) is 4.79 Å². The van der Waals surface area contributed by atoms with Gasteiger partial charge in [0.05, 0.1) is 5.88 Å². The predicted octanol–water partition coefficient (Wildman–Crippen LogP) is 5.39. The number of nitrogens with one attached hydrogen (secondary N) is 1. The Balaban J connectivity index is 1.25. The Hall–Kier alpha value is -3.55. The van der Waals surface area contributed by atoms with Crippen LogP contribution in [0.15, 0.2) is 72.8 Å². The van der Waals surface area contributed by atoms with Gasteiger partial charge in [-0.1, -0.05) is 72.5 Å². The van der Waals surface area contributed by atoms with Crippen molar-refractivity contribution in [2.75, 3.05) is 19.0 Å². The molecule has 5 heteroatoms. The van der Waals surface area contributed by atoms with E-state index in [-0.39, 0.29) is 17.6 Å². The molecule has 0 spiro atoms. The molecule has 0 fully saturated rings. The predicted molar refractivity (Wildman–Crippen MR) is 126 cm³/mol. The number of ether oxygens (including phenoxy) is 1. The van der Waals surface area contributed by atoms with Gasteiger partial charge in [-0.05, 0) is 34.4 Å². The summed E-state index contributed by atoms with van der Waals surface area (Å²) in [5.74, 6) is 5.92. The molecule has 0 bridgehead atoms. The van der Waals surface area contributed by atoms with Crippen LogP contribution >= 0.6 is 11.6 Å². The minimum absolute atomic E-state index is 0.0352. The number of alkyl carbamates (subject to hydrolysis) is 1. The molecule has 0 saturated carbocycles. The third-order valence-electron chi connectivity index (χ3n) is 5.42. The molecule has 32 heavy (non-hydrogen) atoms. The zero-order valence-electron chi connectivity index (χ0n) is 17.4. The Morgan fingerprint density at radius 3 is 2.16 bits per heavy atom. The van der Waals surface area contributed by atoms with Crippen LogP contribution < -0.4 is 5.32 Å². The zero-order valence-corrected chi connectivity index (χ0v) is 18.2. The maximum atomic E-state index is 12.2. The first-order valence-corrected chi connectivity index (χ1v) is 11.0. The van der Waals surface area contributed by atoms with Crippen LogP contribution in [-0.4, -0.2) is 30.9 Å². The number of fused-ring (bicyclic) bond motifs is 3. The van der Waals surface area contributed by atoms with Crippen molar-refractivity contribution >= 4 is 23.5 Å². The molecule has 1 aliphatic carbocycles. The summed E-state index contributed by atoms with van der Waals surface area (Å²) in [6, 6.07) is 23.5. The fourth-order valence-corrected chi connectivity index (χ4v) is 4.01. The molecule has 1 N–H and O–H groups in total. The smallest absolute Gasteiger partial charge is 0.407 e. The molecule has 0 saturated heterocycles. The summed E-state index contributed by atoms with van der Waals surface area (Å²) >= 11 is 5.55. The fourth-order valence-electron chi connectivity index (χ4n) is 3.86. The van der Waals surface area contributed by atoms with E-state index < -0.39 is 6.09 Å². The number of rotatable bonds is 6. The lowest BCUT2D eigenvalue weighted by Crippen LogP contribution is -2.26. The second-order valence-electron chi connectivity index (χ2n) is 7.44. The van der Waals surface area contributed by atoms with Crippen molar-refractivity contribution in [3.8, 4) is 23.0 Å². The van der Waals surface area contributed by atoms with Crippen LogP contribution in [0, 0.1) is 11.8 Å². The topological polar surface area (TPSA) is 55.4 Å². The number of hydrogen-bond acceptors (Lipinski definition) is 3. The monoisotopic (exact) mass is 443 g/mol. The SMILES string of the molecule is O=C(NCCC#Cc1ccc(C(=O)CCl)cc1)OCC1c2ccccc2-c2ccccc21. The first kappa shape index (κ1) is 21.7. The molecular formula is C27H22ClNO3. The lowest BCUT2D eigenvalue weighted by molar-refractivity contribution is 0.102. The first-order valence-electron chi connectivity index (χ1n) is 10.4. The van der Waals surface area contributed by atoms with Crippen molar-refractivity contribution < 1.29 is 14.3 Å². The van der Waals surface area contributed by atoms with Crippen molar-refractivity contribution in [1.82, 2.24) is 5.32 Å². The number of benzene rings is 3. The number of alkyl halides is 1. The summed E-state index contributed by atoms with van der Waals surface area (Å²) in [5, 5.41) is 2.75. The Morgan fingerprint density at radius 1 is 0.906 bits per heavy atom. The van der Waals surface area contributed by atoms with Gasteiger partial charge in [0.25, 0.3) is 0 Å². The van der Waals surface area contributed by atoms with Gasteiger partial charge in [-0.2, -0.15) is 0 Å². The molecule has 4 nitrogen and oxygen atoms in total. The van der Waals surface area contributed by atoms with Crippen molar-refractivity contribution in [2.24, 2.45) is 0 Å². The number of hydrogen-bond donors (Lipinski definition) is 1. The van der Waals surface area contributed by atoms with Crippen LogP contribution in [-0.2, 0) is 4.74 Å². The number of ketones is 1. The quantitative estimate of drug-likeness (QED) is 0.240. The Morgan fingerprint density at radius 2 is 1.53 bits per heavy atom. The maximum absolute atomic E-state index is 12.2. The molecule has 3 aromatic carbocycles. The van der Waals surface area contributed by atoms with E-state index in [4.69, 9.17) is 16.3 Å². The molecule has 0 radical (unpaired) electrons. The van der Waals surface area contributed by atoms with E-state index in [9.17, 15) is 9.59 Å². The number of carbonyl (C=O) groups is 2. The number of amides is 1. The van der Waals surface area contributed by atoms with Crippen molar-refractivity contribution in [3.05, 3.63) is 95.1 Å². The lowest BCUT2D eigenvalue weighted by atomic mass is 9.98. The summed E-state index contributed by atoms with van der Waals surface area (Å²) in [7, 11) is 0. The lowest BCUT2D eigenvalue weighted by Gasteiger charge is -2.14. The number of carbonyl (C=O) groups excluding carboxylic acids is 2. The van der Waals surface area contributed by atoms with Crippen molar-refractivity contribution in [2.45, 2.75) is 12.3 Å². The van der Waals surface area contributed by atoms with Gasteiger partial charge in [-0.15, -0.1) is 11.6 Å². The average molecular weight is 444 g/mol. The highest BCUT2D eigenvalue weighted by Gasteiger charge is 2.28. The van der Waals surface area contributed by atoms with Gasteiger partial charge in [0.2, 0.25) is 0 Å². The molecule has 0 unspecified atom stereocenters. The second kappa shape index (κ2) is 10.2. The number of Topliss-reactive ketones (excluding diaryl/α,β-unsaturated/α-hetero) is 1. The molecule has 0 heterocycles. The highest BCUT2D eigenvalue weighted by Crippen LogP contribution is 2.44. The highest BCUT2D eigenvalue weighted by atomic mass is 35.5. The van der Waals surface area contributed by atoms with Crippen molar-refractivity contribution in [3.63, 3.8) is 0 Å². The third kappa shape index (κ3) is 4.85.